The summed E-state index contributed by atoms with van der Waals surface area (Å²) in [6, 6.07) is 20.5. The van der Waals surface area contributed by atoms with E-state index in [-0.39, 0.29) is 10.8 Å². The second-order valence-electron chi connectivity index (χ2n) is 7.76. The Bertz CT molecular complexity index is 765. The van der Waals surface area contributed by atoms with E-state index in [4.69, 9.17) is 4.03 Å². The maximum atomic E-state index is 13.3. The maximum Gasteiger partial charge on any atom is 0.260 e. The average Bonchev–Trinajstić information content (AvgIpc) is 2.52. The fourth-order valence-electron chi connectivity index (χ4n) is 3.41. The molecule has 1 N–H and O–H groups in total. The number of rotatable bonds is 5. The van der Waals surface area contributed by atoms with Crippen LogP contribution in [0.25, 0.3) is 0 Å². The molecule has 0 aliphatic rings. The van der Waals surface area contributed by atoms with E-state index in [1.807, 2.05) is 36.4 Å². The first kappa shape index (κ1) is 19.9. The van der Waals surface area contributed by atoms with Crippen molar-refractivity contribution in [3.63, 3.8) is 0 Å². The zero-order valence-electron chi connectivity index (χ0n) is 15.8. The highest BCUT2D eigenvalue weighted by molar-refractivity contribution is 7.93. The molecule has 5 heteroatoms. The van der Waals surface area contributed by atoms with Gasteiger partial charge in [-0.25, -0.2) is 0 Å². The molecule has 0 bridgehead atoms. The first-order valence-electron chi connectivity index (χ1n) is 8.58. The average molecular weight is 376 g/mol. The van der Waals surface area contributed by atoms with Crippen molar-refractivity contribution in [2.24, 2.45) is 4.03 Å². The van der Waals surface area contributed by atoms with Gasteiger partial charge in [-0.1, -0.05) is 81.4 Å². The van der Waals surface area contributed by atoms with Crippen LogP contribution < -0.4 is 10.4 Å². The molecule has 0 spiro atoms. The van der Waals surface area contributed by atoms with Gasteiger partial charge in [-0.2, -0.15) is 0 Å². The number of benzene rings is 2. The summed E-state index contributed by atoms with van der Waals surface area (Å²) < 4.78 is 18.4. The minimum absolute atomic E-state index is 0.174. The van der Waals surface area contributed by atoms with Crippen molar-refractivity contribution >= 4 is 28.3 Å². The van der Waals surface area contributed by atoms with Crippen molar-refractivity contribution < 1.29 is 9.32 Å². The molecule has 136 valence electrons. The molecule has 0 radical (unpaired) electrons. The van der Waals surface area contributed by atoms with Crippen LogP contribution in [0.15, 0.2) is 64.7 Å². The van der Waals surface area contributed by atoms with E-state index in [2.05, 4.69) is 45.0 Å². The third-order valence-corrected chi connectivity index (χ3v) is 12.6. The Morgan fingerprint density at radius 1 is 1.00 bits per heavy atom. The van der Waals surface area contributed by atoms with Crippen LogP contribution in [0.4, 0.5) is 0 Å². The number of aliphatic hydroxyl groups excluding tert-OH is 1. The molecule has 0 saturated heterocycles. The van der Waals surface area contributed by atoms with Gasteiger partial charge >= 0.3 is 0 Å². The van der Waals surface area contributed by atoms with E-state index in [0.717, 1.165) is 10.4 Å². The predicted molar refractivity (Wildman–Crippen MR) is 111 cm³/mol. The summed E-state index contributed by atoms with van der Waals surface area (Å²) in [5, 5.41) is 11.9. The molecule has 0 saturated carbocycles. The van der Waals surface area contributed by atoms with Crippen LogP contribution in [0.3, 0.4) is 0 Å². The second kappa shape index (κ2) is 7.44. The van der Waals surface area contributed by atoms with Gasteiger partial charge in [0, 0.05) is 16.0 Å². The highest BCUT2D eigenvalue weighted by Gasteiger charge is 2.49. The monoisotopic (exact) mass is 375 g/mol. The molecule has 0 fully saturated rings. The molecule has 0 aromatic heterocycles. The smallest absolute Gasteiger partial charge is 0.260 e. The summed E-state index contributed by atoms with van der Waals surface area (Å²) in [6.45, 7) is 8.21. The lowest BCUT2D eigenvalue weighted by atomic mass is 10.2. The van der Waals surface area contributed by atoms with Gasteiger partial charge < -0.3 is 5.11 Å². The Balaban J connectivity index is 2.88. The Labute approximate surface area is 153 Å². The molecule has 0 aliphatic carbocycles. The molecule has 2 atom stereocenters. The van der Waals surface area contributed by atoms with Gasteiger partial charge in [-0.15, -0.1) is 0 Å². The molecule has 2 aromatic carbocycles. The summed E-state index contributed by atoms with van der Waals surface area (Å²) >= 11 is 0. The van der Waals surface area contributed by atoms with Gasteiger partial charge in [-0.05, 0) is 22.3 Å². The Morgan fingerprint density at radius 2 is 1.40 bits per heavy atom. The highest BCUT2D eigenvalue weighted by Crippen LogP contribution is 2.37. The van der Waals surface area contributed by atoms with Crippen molar-refractivity contribution in [1.29, 1.82) is 0 Å². The van der Waals surface area contributed by atoms with Gasteiger partial charge in [0.25, 0.3) is 8.24 Å². The van der Waals surface area contributed by atoms with Crippen molar-refractivity contribution in [2.75, 3.05) is 12.0 Å². The molecule has 2 aromatic rings. The van der Waals surface area contributed by atoms with E-state index < -0.39 is 24.1 Å². The lowest BCUT2D eigenvalue weighted by Crippen LogP contribution is -2.63. The van der Waals surface area contributed by atoms with Crippen LogP contribution >= 0.6 is 0 Å². The summed E-state index contributed by atoms with van der Waals surface area (Å²) in [7, 11) is -5.24. The number of hydrogen-bond donors (Lipinski definition) is 1. The van der Waals surface area contributed by atoms with Crippen LogP contribution in [0.5, 0.6) is 0 Å². The fraction of sp³-hybridized carbons (Fsp3) is 0.400. The van der Waals surface area contributed by atoms with Crippen LogP contribution in [0, 0.1) is 0 Å². The molecule has 3 nitrogen and oxygen atoms in total. The Kier molecular flexibility index (Phi) is 5.92. The number of hydrogen-bond acceptors (Lipinski definition) is 3. The third kappa shape index (κ3) is 4.40. The lowest BCUT2D eigenvalue weighted by Gasteiger charge is -2.40. The van der Waals surface area contributed by atoms with E-state index in [1.54, 1.807) is 13.2 Å². The van der Waals surface area contributed by atoms with Gasteiger partial charge in [0.1, 0.15) is 0 Å². The highest BCUT2D eigenvalue weighted by atomic mass is 32.2. The van der Waals surface area contributed by atoms with E-state index in [1.165, 1.54) is 0 Å². The summed E-state index contributed by atoms with van der Waals surface area (Å²) in [6.07, 6.45) is 1.04. The van der Waals surface area contributed by atoms with Crippen molar-refractivity contribution in [3.05, 3.63) is 60.7 Å². The van der Waals surface area contributed by atoms with Gasteiger partial charge in [0.05, 0.1) is 11.9 Å². The molecular formula is C20H29NO2SSi. The summed E-state index contributed by atoms with van der Waals surface area (Å²) in [5.41, 5.74) is 0. The standard InChI is InChI=1S/C20H29NO2SSi/c1-17(22)16-24(5,23)21-25(20(2,3)4,18-12-8-6-9-13-18)19-14-10-7-11-15-19/h6-15,17,22H,16H2,1-5H3. The van der Waals surface area contributed by atoms with Crippen LogP contribution in [0.2, 0.25) is 5.04 Å². The van der Waals surface area contributed by atoms with E-state index in [0.29, 0.717) is 0 Å². The van der Waals surface area contributed by atoms with E-state index >= 15 is 0 Å². The summed E-state index contributed by atoms with van der Waals surface area (Å²) in [4.78, 5) is 0. The molecule has 2 unspecified atom stereocenters. The van der Waals surface area contributed by atoms with Crippen molar-refractivity contribution in [2.45, 2.75) is 38.8 Å². The van der Waals surface area contributed by atoms with Crippen molar-refractivity contribution in [3.8, 4) is 0 Å². The van der Waals surface area contributed by atoms with Gasteiger partial charge in [0.15, 0.2) is 0 Å². The molecule has 0 aliphatic heterocycles. The SMILES string of the molecule is CC(O)CS(C)(=O)=N[Si](c1ccccc1)(c1ccccc1)C(C)(C)C. The molecule has 0 heterocycles. The minimum atomic E-state index is -2.71. The van der Waals surface area contributed by atoms with Gasteiger partial charge in [-0.3, -0.25) is 8.24 Å². The maximum absolute atomic E-state index is 13.3. The topological polar surface area (TPSA) is 49.7 Å². The predicted octanol–water partition coefficient (Wildman–Crippen LogP) is 3.03. The normalized spacial score (nSPS) is 16.1. The third-order valence-electron chi connectivity index (χ3n) is 4.35. The minimum Gasteiger partial charge on any atom is -0.392 e. The first-order chi connectivity index (χ1) is 11.6. The largest absolute Gasteiger partial charge is 0.392 e. The summed E-state index contributed by atoms with van der Waals surface area (Å²) in [5.74, 6) is 0.192. The Hall–Kier alpha value is -1.43. The van der Waals surface area contributed by atoms with Crippen molar-refractivity contribution in [1.82, 2.24) is 0 Å². The molecular weight excluding hydrogens is 346 g/mol. The molecule has 25 heavy (non-hydrogen) atoms. The molecule has 0 amide bonds. The van der Waals surface area contributed by atoms with Crippen LogP contribution in [0.1, 0.15) is 27.7 Å². The lowest BCUT2D eigenvalue weighted by molar-refractivity contribution is 0.219. The number of nitrogens with zero attached hydrogens (tertiary/aromatic N) is 1. The van der Waals surface area contributed by atoms with Crippen LogP contribution in [-0.2, 0) is 9.73 Å². The first-order valence-corrected chi connectivity index (χ1v) is 12.6. The number of aliphatic hydroxyl groups is 1. The fourth-order valence-corrected chi connectivity index (χ4v) is 12.3. The zero-order chi connectivity index (χ0) is 18.7. The molecule has 2 rings (SSSR count). The quantitative estimate of drug-likeness (QED) is 0.817. The van der Waals surface area contributed by atoms with Crippen LogP contribution in [-0.4, -0.2) is 35.7 Å². The second-order valence-corrected chi connectivity index (χ2v) is 14.8. The van der Waals surface area contributed by atoms with E-state index in [9.17, 15) is 9.32 Å². The zero-order valence-corrected chi connectivity index (χ0v) is 17.6. The van der Waals surface area contributed by atoms with Gasteiger partial charge in [0.2, 0.25) is 0 Å². The Morgan fingerprint density at radius 3 is 1.72 bits per heavy atom.